The molecule has 0 spiro atoms. The molecule has 3 aromatic carbocycles. The van der Waals surface area contributed by atoms with Crippen molar-refractivity contribution in [1.82, 2.24) is 9.88 Å². The summed E-state index contributed by atoms with van der Waals surface area (Å²) < 4.78 is 2.40. The molecule has 5 heteroatoms. The summed E-state index contributed by atoms with van der Waals surface area (Å²) in [5.41, 5.74) is 26.0. The molecule has 6 N–H and O–H groups in total. The zero-order valence-corrected chi connectivity index (χ0v) is 32.3. The third-order valence-electron chi connectivity index (χ3n) is 9.43. The Kier molecular flexibility index (Phi) is 14.4. The maximum atomic E-state index is 7.73. The van der Waals surface area contributed by atoms with Gasteiger partial charge in [0, 0.05) is 47.5 Å². The molecule has 0 atom stereocenters. The zero-order valence-electron chi connectivity index (χ0n) is 32.3. The Morgan fingerprint density at radius 2 is 1.56 bits per heavy atom. The monoisotopic (exact) mass is 711 g/mol. The summed E-state index contributed by atoms with van der Waals surface area (Å²) in [5.74, 6) is 0. The lowest BCUT2D eigenvalue weighted by atomic mass is 9.95. The number of nitrogens with zero attached hydrogens (tertiary/aromatic N) is 1. The van der Waals surface area contributed by atoms with Crippen molar-refractivity contribution in [3.8, 4) is 16.9 Å². The molecule has 2 heterocycles. The van der Waals surface area contributed by atoms with E-state index in [1.807, 2.05) is 56.4 Å². The first kappa shape index (κ1) is 40.2. The molecule has 0 aliphatic carbocycles. The topological polar surface area (TPSA) is 92.8 Å². The van der Waals surface area contributed by atoms with Gasteiger partial charge in [0.1, 0.15) is 0 Å². The van der Waals surface area contributed by atoms with E-state index in [2.05, 4.69) is 129 Å². The molecule has 0 radical (unpaired) electrons. The highest BCUT2D eigenvalue weighted by Crippen LogP contribution is 2.39. The van der Waals surface area contributed by atoms with Crippen LogP contribution in [0.1, 0.15) is 48.7 Å². The highest BCUT2D eigenvalue weighted by molar-refractivity contribution is 5.93. The molecule has 1 aromatic heterocycles. The van der Waals surface area contributed by atoms with Gasteiger partial charge in [-0.2, -0.15) is 0 Å². The summed E-state index contributed by atoms with van der Waals surface area (Å²) in [7, 11) is 0. The number of dihydropyridines is 1. The number of benzene rings is 3. The largest absolute Gasteiger partial charge is 0.404 e. The van der Waals surface area contributed by atoms with Crippen LogP contribution in [-0.4, -0.2) is 17.3 Å². The Morgan fingerprint density at radius 3 is 2.13 bits per heavy atom. The van der Waals surface area contributed by atoms with Gasteiger partial charge in [-0.25, -0.2) is 0 Å². The van der Waals surface area contributed by atoms with Gasteiger partial charge in [-0.3, -0.25) is 0 Å². The van der Waals surface area contributed by atoms with Crippen LogP contribution in [-0.2, 0) is 0 Å². The van der Waals surface area contributed by atoms with Crippen LogP contribution in [0, 0.1) is 19.3 Å². The molecule has 274 valence electrons. The number of allylic oxidation sites excluding steroid dienone is 12. The summed E-state index contributed by atoms with van der Waals surface area (Å²) in [6.07, 6.45) is 25.9. The Bertz CT molecular complexity index is 2280. The lowest BCUT2D eigenvalue weighted by molar-refractivity contribution is 0.957. The van der Waals surface area contributed by atoms with E-state index in [1.54, 1.807) is 18.5 Å². The standard InChI is InChI=1S/C39H37N3.C10H16N2/c1-7-13-32(24-40)33-19-21-36(41-25-33)31-18-20-35(29(9-3)23-31)39-28(6)27(5)38(22-26(4)8-2)42(39)37-17-12-15-30-14-10-11-16-34(30)37;1-3-5-9(7-11)10(8-12)6-4-2/h7-24,40-41H,1-3,25H2,4-6H3;3-8H,11-12H2,1-2H3/b26-22-,32-13+,40-24?;5-3-,6-4-,9-7+,10-8+. The Hall–Kier alpha value is -6.59. The van der Waals surface area contributed by atoms with E-state index in [4.69, 9.17) is 16.9 Å². The third-order valence-corrected chi connectivity index (χ3v) is 9.43. The van der Waals surface area contributed by atoms with Gasteiger partial charge in [-0.15, -0.1) is 0 Å². The van der Waals surface area contributed by atoms with Crippen molar-refractivity contribution in [1.29, 1.82) is 5.41 Å². The van der Waals surface area contributed by atoms with Gasteiger partial charge in [0.25, 0.3) is 0 Å². The number of fused-ring (bicyclic) bond motifs is 1. The second-order valence-corrected chi connectivity index (χ2v) is 12.8. The average Bonchev–Trinajstić information content (AvgIpc) is 3.45. The van der Waals surface area contributed by atoms with Crippen molar-refractivity contribution in [2.24, 2.45) is 11.5 Å². The molecular weight excluding hydrogens is 659 g/mol. The number of nitrogens with one attached hydrogen (secondary N) is 2. The summed E-state index contributed by atoms with van der Waals surface area (Å²) >= 11 is 0. The van der Waals surface area contributed by atoms with Crippen molar-refractivity contribution in [2.45, 2.75) is 34.6 Å². The van der Waals surface area contributed by atoms with Gasteiger partial charge >= 0.3 is 0 Å². The fourth-order valence-electron chi connectivity index (χ4n) is 6.48. The smallest absolute Gasteiger partial charge is 0.0572 e. The quantitative estimate of drug-likeness (QED) is 0.0870. The SMILES string of the molecule is C=C/C=C(\C=N)C1=CC=C(c2ccc(-c3c(C)c(C)c(/C=C(/C)C=C)n3-c3cccc4ccccc34)c(C=C)c2)NC1.C\C=C/C(=C\N)C(/C=C\C)=C/N. The molecule has 54 heavy (non-hydrogen) atoms. The molecule has 0 unspecified atom stereocenters. The van der Waals surface area contributed by atoms with E-state index in [-0.39, 0.29) is 0 Å². The molecular formula is C49H53N5. The first-order valence-electron chi connectivity index (χ1n) is 18.1. The second kappa shape index (κ2) is 19.3. The van der Waals surface area contributed by atoms with Crippen molar-refractivity contribution in [3.05, 3.63) is 203 Å². The number of nitrogens with two attached hydrogens (primary N) is 2. The number of aromatic nitrogens is 1. The molecule has 0 saturated carbocycles. The Labute approximate surface area is 322 Å². The maximum absolute atomic E-state index is 7.73. The van der Waals surface area contributed by atoms with Crippen LogP contribution < -0.4 is 16.8 Å². The zero-order chi connectivity index (χ0) is 39.2. The van der Waals surface area contributed by atoms with Crippen LogP contribution in [0.2, 0.25) is 0 Å². The minimum Gasteiger partial charge on any atom is -0.404 e. The summed E-state index contributed by atoms with van der Waals surface area (Å²) in [6.45, 7) is 23.0. The van der Waals surface area contributed by atoms with Gasteiger partial charge in [0.2, 0.25) is 0 Å². The number of hydrogen-bond acceptors (Lipinski definition) is 4. The predicted molar refractivity (Wildman–Crippen MR) is 237 cm³/mol. The van der Waals surface area contributed by atoms with Crippen molar-refractivity contribution in [3.63, 3.8) is 0 Å². The van der Waals surface area contributed by atoms with Crippen LogP contribution in [0.5, 0.6) is 0 Å². The van der Waals surface area contributed by atoms with Crippen LogP contribution in [0.25, 0.3) is 45.6 Å². The fraction of sp³-hybridized carbons (Fsp3) is 0.122. The fourth-order valence-corrected chi connectivity index (χ4v) is 6.48. The summed E-state index contributed by atoms with van der Waals surface area (Å²) in [5, 5.41) is 13.7. The van der Waals surface area contributed by atoms with Crippen molar-refractivity contribution < 1.29 is 0 Å². The van der Waals surface area contributed by atoms with E-state index in [9.17, 15) is 0 Å². The van der Waals surface area contributed by atoms with E-state index >= 15 is 0 Å². The summed E-state index contributed by atoms with van der Waals surface area (Å²) in [4.78, 5) is 0. The first-order valence-corrected chi connectivity index (χ1v) is 18.1. The molecule has 1 aliphatic heterocycles. The average molecular weight is 712 g/mol. The van der Waals surface area contributed by atoms with E-state index < -0.39 is 0 Å². The van der Waals surface area contributed by atoms with Gasteiger partial charge in [-0.1, -0.05) is 123 Å². The number of hydrogen-bond donors (Lipinski definition) is 4. The van der Waals surface area contributed by atoms with Crippen molar-refractivity contribution >= 4 is 34.8 Å². The lowest BCUT2D eigenvalue weighted by Crippen LogP contribution is -2.20. The minimum atomic E-state index is 0.645. The minimum absolute atomic E-state index is 0.645. The third kappa shape index (κ3) is 8.88. The molecule has 0 fully saturated rings. The van der Waals surface area contributed by atoms with Gasteiger partial charge in [0.15, 0.2) is 0 Å². The van der Waals surface area contributed by atoms with Crippen LogP contribution in [0.3, 0.4) is 0 Å². The maximum Gasteiger partial charge on any atom is 0.0572 e. The van der Waals surface area contributed by atoms with Crippen molar-refractivity contribution in [2.75, 3.05) is 6.54 Å². The molecule has 5 nitrogen and oxygen atoms in total. The van der Waals surface area contributed by atoms with E-state index in [0.29, 0.717) is 6.54 Å². The van der Waals surface area contributed by atoms with Crippen LogP contribution >= 0.6 is 0 Å². The lowest BCUT2D eigenvalue weighted by Gasteiger charge is -2.20. The molecule has 0 amide bonds. The highest BCUT2D eigenvalue weighted by Gasteiger charge is 2.22. The van der Waals surface area contributed by atoms with Crippen LogP contribution in [0.15, 0.2) is 175 Å². The Morgan fingerprint density at radius 1 is 0.870 bits per heavy atom. The van der Waals surface area contributed by atoms with E-state index in [1.165, 1.54) is 28.1 Å². The predicted octanol–water partition coefficient (Wildman–Crippen LogP) is 11.6. The van der Waals surface area contributed by atoms with Gasteiger partial charge < -0.3 is 26.8 Å². The molecule has 1 aliphatic rings. The number of rotatable bonds is 12. The highest BCUT2D eigenvalue weighted by atomic mass is 15.0. The van der Waals surface area contributed by atoms with Crippen LogP contribution in [0.4, 0.5) is 0 Å². The molecule has 0 saturated heterocycles. The molecule has 0 bridgehead atoms. The normalized spacial score (nSPS) is 13.9. The molecule has 5 rings (SSSR count). The Balaban J connectivity index is 0.000000467. The molecule has 4 aromatic rings. The second-order valence-electron chi connectivity index (χ2n) is 12.8. The first-order chi connectivity index (χ1) is 26.2. The summed E-state index contributed by atoms with van der Waals surface area (Å²) in [6, 6.07) is 21.7. The van der Waals surface area contributed by atoms with Gasteiger partial charge in [-0.05, 0) is 114 Å². The van der Waals surface area contributed by atoms with E-state index in [0.717, 1.165) is 67.3 Å². The van der Waals surface area contributed by atoms with Gasteiger partial charge in [0.05, 0.1) is 11.4 Å².